The van der Waals surface area contributed by atoms with Crippen LogP contribution in [0.25, 0.3) is 0 Å². The Morgan fingerprint density at radius 3 is 2.75 bits per heavy atom. The minimum atomic E-state index is -0.0338. The molecule has 3 heteroatoms. The lowest BCUT2D eigenvalue weighted by Crippen LogP contribution is -2.42. The maximum absolute atomic E-state index is 11.4. The molecule has 0 bridgehead atoms. The standard InChI is InChI=1S/C9H14N2O/c1-9(2)5-3-7-11(9)8(12)4-6-10/h3-5,7H2,1-2H3. The SMILES string of the molecule is CC1(C)CCCN1C(=O)CC#N. The predicted molar refractivity (Wildman–Crippen MR) is 45.3 cm³/mol. The Labute approximate surface area is 73.0 Å². The summed E-state index contributed by atoms with van der Waals surface area (Å²) in [7, 11) is 0. The van der Waals surface area contributed by atoms with E-state index in [1.807, 2.05) is 11.0 Å². The molecule has 1 rings (SSSR count). The van der Waals surface area contributed by atoms with E-state index in [9.17, 15) is 4.79 Å². The molecule has 0 unspecified atom stereocenters. The fraction of sp³-hybridized carbons (Fsp3) is 0.778. The molecular weight excluding hydrogens is 152 g/mol. The number of likely N-dealkylation sites (tertiary alicyclic amines) is 1. The minimum Gasteiger partial charge on any atom is -0.337 e. The van der Waals surface area contributed by atoms with Crippen LogP contribution in [0.15, 0.2) is 0 Å². The van der Waals surface area contributed by atoms with Gasteiger partial charge in [0.15, 0.2) is 0 Å². The topological polar surface area (TPSA) is 44.1 Å². The molecule has 12 heavy (non-hydrogen) atoms. The summed E-state index contributed by atoms with van der Waals surface area (Å²) in [6, 6.07) is 1.89. The predicted octanol–water partition coefficient (Wildman–Crippen LogP) is 1.30. The van der Waals surface area contributed by atoms with E-state index < -0.39 is 0 Å². The van der Waals surface area contributed by atoms with E-state index in [-0.39, 0.29) is 17.9 Å². The van der Waals surface area contributed by atoms with E-state index in [0.717, 1.165) is 19.4 Å². The lowest BCUT2D eigenvalue weighted by molar-refractivity contribution is -0.133. The van der Waals surface area contributed by atoms with Gasteiger partial charge in [0.25, 0.3) is 0 Å². The lowest BCUT2D eigenvalue weighted by Gasteiger charge is -2.30. The second-order valence-electron chi connectivity index (χ2n) is 3.80. The first-order valence-electron chi connectivity index (χ1n) is 4.25. The van der Waals surface area contributed by atoms with Crippen LogP contribution in [0.3, 0.4) is 0 Å². The third-order valence-corrected chi connectivity index (χ3v) is 2.43. The van der Waals surface area contributed by atoms with E-state index >= 15 is 0 Å². The smallest absolute Gasteiger partial charge is 0.237 e. The highest BCUT2D eigenvalue weighted by Crippen LogP contribution is 2.28. The first-order valence-corrected chi connectivity index (χ1v) is 4.25. The molecule has 0 spiro atoms. The molecule has 1 amide bonds. The van der Waals surface area contributed by atoms with Gasteiger partial charge in [-0.25, -0.2) is 0 Å². The van der Waals surface area contributed by atoms with Crippen LogP contribution in [-0.2, 0) is 4.79 Å². The molecule has 1 heterocycles. The number of rotatable bonds is 1. The molecule has 0 radical (unpaired) electrons. The van der Waals surface area contributed by atoms with Gasteiger partial charge in [-0.2, -0.15) is 5.26 Å². The maximum Gasteiger partial charge on any atom is 0.237 e. The van der Waals surface area contributed by atoms with Gasteiger partial charge >= 0.3 is 0 Å². The molecule has 0 saturated carbocycles. The van der Waals surface area contributed by atoms with Crippen LogP contribution in [0, 0.1) is 11.3 Å². The van der Waals surface area contributed by atoms with E-state index in [0.29, 0.717) is 0 Å². The monoisotopic (exact) mass is 166 g/mol. The number of carbonyl (C=O) groups is 1. The van der Waals surface area contributed by atoms with Gasteiger partial charge in [0, 0.05) is 12.1 Å². The Balaban J connectivity index is 2.64. The number of amides is 1. The molecular formula is C9H14N2O. The number of carbonyl (C=O) groups excluding carboxylic acids is 1. The number of hydrogen-bond donors (Lipinski definition) is 0. The fourth-order valence-electron chi connectivity index (χ4n) is 1.73. The minimum absolute atomic E-state index is 0.0173. The molecule has 0 aromatic rings. The van der Waals surface area contributed by atoms with Crippen molar-refractivity contribution in [3.8, 4) is 6.07 Å². The van der Waals surface area contributed by atoms with Crippen molar-refractivity contribution in [2.24, 2.45) is 0 Å². The van der Waals surface area contributed by atoms with E-state index in [1.54, 1.807) is 0 Å². The third-order valence-electron chi connectivity index (χ3n) is 2.43. The Kier molecular flexibility index (Phi) is 2.37. The highest BCUT2D eigenvalue weighted by atomic mass is 16.2. The molecule has 0 N–H and O–H groups in total. The van der Waals surface area contributed by atoms with Crippen molar-refractivity contribution < 1.29 is 4.79 Å². The van der Waals surface area contributed by atoms with E-state index in [1.165, 1.54) is 0 Å². The summed E-state index contributed by atoms with van der Waals surface area (Å²) in [6.07, 6.45) is 2.12. The van der Waals surface area contributed by atoms with Crippen LogP contribution in [0.5, 0.6) is 0 Å². The number of nitrogens with zero attached hydrogens (tertiary/aromatic N) is 2. The Hall–Kier alpha value is -1.04. The zero-order valence-electron chi connectivity index (χ0n) is 7.63. The Morgan fingerprint density at radius 1 is 1.67 bits per heavy atom. The third kappa shape index (κ3) is 1.58. The highest BCUT2D eigenvalue weighted by molar-refractivity contribution is 5.79. The van der Waals surface area contributed by atoms with Crippen LogP contribution in [0.2, 0.25) is 0 Å². The summed E-state index contributed by atoms with van der Waals surface area (Å²) < 4.78 is 0. The van der Waals surface area contributed by atoms with Crippen molar-refractivity contribution in [3.63, 3.8) is 0 Å². The summed E-state index contributed by atoms with van der Waals surface area (Å²) in [5.74, 6) is -0.0278. The average Bonchev–Trinajstić information content (AvgIpc) is 2.30. The van der Waals surface area contributed by atoms with Crippen LogP contribution in [-0.4, -0.2) is 22.9 Å². The molecule has 0 atom stereocenters. The second-order valence-corrected chi connectivity index (χ2v) is 3.80. The summed E-state index contributed by atoms with van der Waals surface area (Å²) in [5.41, 5.74) is -0.0338. The van der Waals surface area contributed by atoms with Crippen LogP contribution >= 0.6 is 0 Å². The largest absolute Gasteiger partial charge is 0.337 e. The normalized spacial score (nSPS) is 20.6. The van der Waals surface area contributed by atoms with Gasteiger partial charge in [0.1, 0.15) is 6.42 Å². The van der Waals surface area contributed by atoms with Gasteiger partial charge in [0.05, 0.1) is 6.07 Å². The molecule has 1 saturated heterocycles. The van der Waals surface area contributed by atoms with E-state index in [4.69, 9.17) is 5.26 Å². The van der Waals surface area contributed by atoms with Crippen molar-refractivity contribution in [1.82, 2.24) is 4.90 Å². The van der Waals surface area contributed by atoms with E-state index in [2.05, 4.69) is 13.8 Å². The summed E-state index contributed by atoms with van der Waals surface area (Å²) in [6.45, 7) is 4.91. The Morgan fingerprint density at radius 2 is 2.33 bits per heavy atom. The molecule has 3 nitrogen and oxygen atoms in total. The van der Waals surface area contributed by atoms with Gasteiger partial charge in [-0.3, -0.25) is 4.79 Å². The lowest BCUT2D eigenvalue weighted by atomic mass is 10.0. The Bertz CT molecular complexity index is 227. The first-order chi connectivity index (χ1) is 5.58. The number of nitriles is 1. The second kappa shape index (κ2) is 3.14. The summed E-state index contributed by atoms with van der Waals surface area (Å²) in [5, 5.41) is 8.37. The van der Waals surface area contributed by atoms with Gasteiger partial charge in [-0.05, 0) is 26.7 Å². The molecule has 66 valence electrons. The summed E-state index contributed by atoms with van der Waals surface area (Å²) in [4.78, 5) is 13.2. The van der Waals surface area contributed by atoms with Gasteiger partial charge in [-0.15, -0.1) is 0 Å². The zero-order chi connectivity index (χ0) is 9.19. The van der Waals surface area contributed by atoms with Crippen LogP contribution in [0.1, 0.15) is 33.1 Å². The molecule has 0 aromatic carbocycles. The quantitative estimate of drug-likeness (QED) is 0.589. The molecule has 1 aliphatic rings. The van der Waals surface area contributed by atoms with Gasteiger partial charge < -0.3 is 4.90 Å². The summed E-state index contributed by atoms with van der Waals surface area (Å²) >= 11 is 0. The van der Waals surface area contributed by atoms with Crippen molar-refractivity contribution >= 4 is 5.91 Å². The zero-order valence-corrected chi connectivity index (χ0v) is 7.63. The fourth-order valence-corrected chi connectivity index (χ4v) is 1.73. The first kappa shape index (κ1) is 9.05. The highest BCUT2D eigenvalue weighted by Gasteiger charge is 2.34. The van der Waals surface area contributed by atoms with Crippen LogP contribution < -0.4 is 0 Å². The van der Waals surface area contributed by atoms with Crippen LogP contribution in [0.4, 0.5) is 0 Å². The van der Waals surface area contributed by atoms with Crippen molar-refractivity contribution in [1.29, 1.82) is 5.26 Å². The molecule has 1 aliphatic heterocycles. The van der Waals surface area contributed by atoms with Gasteiger partial charge in [-0.1, -0.05) is 0 Å². The van der Waals surface area contributed by atoms with Crippen molar-refractivity contribution in [2.75, 3.05) is 6.54 Å². The molecule has 0 aliphatic carbocycles. The van der Waals surface area contributed by atoms with Gasteiger partial charge in [0.2, 0.25) is 5.91 Å². The molecule has 1 fully saturated rings. The number of hydrogen-bond acceptors (Lipinski definition) is 2. The molecule has 0 aromatic heterocycles. The van der Waals surface area contributed by atoms with Crippen molar-refractivity contribution in [3.05, 3.63) is 0 Å². The van der Waals surface area contributed by atoms with Crippen molar-refractivity contribution in [2.45, 2.75) is 38.6 Å². The maximum atomic E-state index is 11.4. The average molecular weight is 166 g/mol.